The van der Waals surface area contributed by atoms with Gasteiger partial charge in [-0.3, -0.25) is 4.90 Å². The Bertz CT molecular complexity index is 217. The van der Waals surface area contributed by atoms with Gasteiger partial charge in [0.05, 0.1) is 0 Å². The Hall–Kier alpha value is -0.0800. The van der Waals surface area contributed by atoms with Crippen molar-refractivity contribution >= 4 is 0 Å². The van der Waals surface area contributed by atoms with Gasteiger partial charge in [0.15, 0.2) is 0 Å². The van der Waals surface area contributed by atoms with E-state index in [1.54, 1.807) is 12.8 Å². The summed E-state index contributed by atoms with van der Waals surface area (Å²) < 4.78 is 0. The van der Waals surface area contributed by atoms with Crippen LogP contribution in [0.25, 0.3) is 0 Å². The molecule has 0 radical (unpaired) electrons. The zero-order valence-corrected chi connectivity index (χ0v) is 10.5. The van der Waals surface area contributed by atoms with Crippen LogP contribution in [0.5, 0.6) is 0 Å². The number of rotatable bonds is 1. The van der Waals surface area contributed by atoms with Crippen LogP contribution >= 0.6 is 0 Å². The second kappa shape index (κ2) is 4.66. The van der Waals surface area contributed by atoms with E-state index in [1.165, 1.54) is 64.7 Å². The van der Waals surface area contributed by atoms with Gasteiger partial charge >= 0.3 is 0 Å². The van der Waals surface area contributed by atoms with Crippen molar-refractivity contribution in [1.82, 2.24) is 10.2 Å². The van der Waals surface area contributed by atoms with Crippen molar-refractivity contribution in [3.8, 4) is 0 Å². The number of hydrogen-bond acceptors (Lipinski definition) is 2. The summed E-state index contributed by atoms with van der Waals surface area (Å²) in [6, 6.07) is 0.924. The normalized spacial score (nSPS) is 32.2. The van der Waals surface area contributed by atoms with E-state index in [-0.39, 0.29) is 0 Å². The monoisotopic (exact) mass is 222 g/mol. The molecule has 0 bridgehead atoms. The number of nitrogens with zero attached hydrogens (tertiary/aromatic N) is 1. The van der Waals surface area contributed by atoms with Gasteiger partial charge in [-0.1, -0.05) is 12.8 Å². The van der Waals surface area contributed by atoms with E-state index in [9.17, 15) is 0 Å². The molecule has 1 N–H and O–H groups in total. The fourth-order valence-corrected chi connectivity index (χ4v) is 4.25. The summed E-state index contributed by atoms with van der Waals surface area (Å²) in [5.74, 6) is 0. The van der Waals surface area contributed by atoms with Crippen molar-refractivity contribution in [3.63, 3.8) is 0 Å². The minimum Gasteiger partial charge on any atom is -0.314 e. The first-order valence-corrected chi connectivity index (χ1v) is 7.33. The molecule has 1 heterocycles. The van der Waals surface area contributed by atoms with Gasteiger partial charge in [-0.2, -0.15) is 0 Å². The number of hydrogen-bond donors (Lipinski definition) is 1. The maximum atomic E-state index is 3.46. The summed E-state index contributed by atoms with van der Waals surface area (Å²) in [6.07, 6.45) is 12.1. The van der Waals surface area contributed by atoms with E-state index in [0.29, 0.717) is 0 Å². The van der Waals surface area contributed by atoms with Gasteiger partial charge < -0.3 is 5.32 Å². The van der Waals surface area contributed by atoms with Gasteiger partial charge in [0.2, 0.25) is 0 Å². The van der Waals surface area contributed by atoms with Crippen LogP contribution in [0, 0.1) is 5.41 Å². The third-order valence-electron chi connectivity index (χ3n) is 5.35. The summed E-state index contributed by atoms with van der Waals surface area (Å²) in [7, 11) is 0. The molecular formula is C14H26N2. The summed E-state index contributed by atoms with van der Waals surface area (Å²) in [6.45, 7) is 5.00. The zero-order valence-electron chi connectivity index (χ0n) is 10.5. The van der Waals surface area contributed by atoms with Gasteiger partial charge in [-0.05, 0) is 43.9 Å². The summed E-state index contributed by atoms with van der Waals surface area (Å²) in [4.78, 5) is 2.75. The van der Waals surface area contributed by atoms with Crippen LogP contribution in [0.15, 0.2) is 0 Å². The first kappa shape index (κ1) is 11.0. The van der Waals surface area contributed by atoms with Crippen molar-refractivity contribution in [1.29, 1.82) is 0 Å². The van der Waals surface area contributed by atoms with Gasteiger partial charge in [0.1, 0.15) is 0 Å². The van der Waals surface area contributed by atoms with E-state index in [1.807, 2.05) is 0 Å². The molecule has 0 aromatic carbocycles. The van der Waals surface area contributed by atoms with Gasteiger partial charge in [0.25, 0.3) is 0 Å². The molecule has 2 aliphatic carbocycles. The molecule has 1 saturated heterocycles. The standard InChI is InChI=1S/C14H26N2/c1-2-6-14(5-1)7-3-13(4-8-14)16-11-9-15-10-12-16/h13,15H,1-12H2. The quantitative estimate of drug-likeness (QED) is 0.733. The fraction of sp³-hybridized carbons (Fsp3) is 1.00. The molecule has 0 aromatic heterocycles. The van der Waals surface area contributed by atoms with Crippen molar-refractivity contribution in [2.24, 2.45) is 5.41 Å². The Balaban J connectivity index is 1.53. The highest BCUT2D eigenvalue weighted by Crippen LogP contribution is 2.49. The Morgan fingerprint density at radius 3 is 2.12 bits per heavy atom. The average Bonchev–Trinajstić information content (AvgIpc) is 2.80. The molecule has 3 fully saturated rings. The van der Waals surface area contributed by atoms with E-state index >= 15 is 0 Å². The van der Waals surface area contributed by atoms with Crippen LogP contribution in [-0.2, 0) is 0 Å². The topological polar surface area (TPSA) is 15.3 Å². The lowest BCUT2D eigenvalue weighted by Crippen LogP contribution is -2.50. The Morgan fingerprint density at radius 2 is 1.50 bits per heavy atom. The molecule has 3 rings (SSSR count). The van der Waals surface area contributed by atoms with E-state index in [2.05, 4.69) is 10.2 Å². The lowest BCUT2D eigenvalue weighted by Gasteiger charge is -2.43. The molecule has 2 saturated carbocycles. The molecule has 3 aliphatic rings. The maximum Gasteiger partial charge on any atom is 0.0110 e. The molecule has 2 nitrogen and oxygen atoms in total. The predicted molar refractivity (Wildman–Crippen MR) is 67.6 cm³/mol. The van der Waals surface area contributed by atoms with Crippen LogP contribution < -0.4 is 5.32 Å². The second-order valence-electron chi connectivity index (χ2n) is 6.22. The van der Waals surface area contributed by atoms with Crippen LogP contribution in [-0.4, -0.2) is 37.1 Å². The third-order valence-corrected chi connectivity index (χ3v) is 5.35. The Kier molecular flexibility index (Phi) is 3.21. The van der Waals surface area contributed by atoms with Crippen LogP contribution in [0.3, 0.4) is 0 Å². The highest BCUT2D eigenvalue weighted by molar-refractivity contribution is 4.92. The van der Waals surface area contributed by atoms with E-state index in [0.717, 1.165) is 11.5 Å². The Labute approximate surface area is 99.8 Å². The smallest absolute Gasteiger partial charge is 0.0110 e. The van der Waals surface area contributed by atoms with Gasteiger partial charge in [0, 0.05) is 32.2 Å². The predicted octanol–water partition coefficient (Wildman–Crippen LogP) is 2.39. The number of nitrogens with one attached hydrogen (secondary N) is 1. The zero-order chi connectivity index (χ0) is 10.8. The van der Waals surface area contributed by atoms with Gasteiger partial charge in [-0.25, -0.2) is 0 Å². The SMILES string of the molecule is C1CCC2(C1)CCC(N1CCNCC1)CC2. The molecule has 0 aromatic rings. The molecule has 92 valence electrons. The van der Waals surface area contributed by atoms with Crippen molar-refractivity contribution in [2.45, 2.75) is 57.4 Å². The van der Waals surface area contributed by atoms with E-state index in [4.69, 9.17) is 0 Å². The molecule has 0 atom stereocenters. The van der Waals surface area contributed by atoms with Crippen molar-refractivity contribution < 1.29 is 0 Å². The minimum absolute atomic E-state index is 0.810. The minimum atomic E-state index is 0.810. The van der Waals surface area contributed by atoms with Crippen LogP contribution in [0.4, 0.5) is 0 Å². The van der Waals surface area contributed by atoms with Crippen molar-refractivity contribution in [3.05, 3.63) is 0 Å². The lowest BCUT2D eigenvalue weighted by atomic mass is 9.71. The maximum absolute atomic E-state index is 3.46. The lowest BCUT2D eigenvalue weighted by molar-refractivity contribution is 0.0825. The largest absolute Gasteiger partial charge is 0.314 e. The molecule has 0 amide bonds. The van der Waals surface area contributed by atoms with Gasteiger partial charge in [-0.15, -0.1) is 0 Å². The first-order valence-electron chi connectivity index (χ1n) is 7.33. The molecule has 1 aliphatic heterocycles. The third kappa shape index (κ3) is 2.14. The summed E-state index contributed by atoms with van der Waals surface area (Å²) >= 11 is 0. The first-order chi connectivity index (χ1) is 7.88. The van der Waals surface area contributed by atoms with Crippen LogP contribution in [0.2, 0.25) is 0 Å². The summed E-state index contributed by atoms with van der Waals surface area (Å²) in [5, 5.41) is 3.46. The molecular weight excluding hydrogens is 196 g/mol. The highest BCUT2D eigenvalue weighted by Gasteiger charge is 2.38. The Morgan fingerprint density at radius 1 is 0.875 bits per heavy atom. The average molecular weight is 222 g/mol. The summed E-state index contributed by atoms with van der Waals surface area (Å²) in [5.41, 5.74) is 0.810. The molecule has 1 spiro atoms. The van der Waals surface area contributed by atoms with Crippen molar-refractivity contribution in [2.75, 3.05) is 26.2 Å². The molecule has 0 unspecified atom stereocenters. The molecule has 16 heavy (non-hydrogen) atoms. The van der Waals surface area contributed by atoms with E-state index < -0.39 is 0 Å². The number of piperazine rings is 1. The molecule has 2 heteroatoms. The highest BCUT2D eigenvalue weighted by atomic mass is 15.2. The second-order valence-corrected chi connectivity index (χ2v) is 6.22. The van der Waals surface area contributed by atoms with Crippen LogP contribution in [0.1, 0.15) is 51.4 Å². The fourth-order valence-electron chi connectivity index (χ4n) is 4.25.